The number of benzene rings is 1. The molecule has 0 bridgehead atoms. The molecule has 0 saturated heterocycles. The summed E-state index contributed by atoms with van der Waals surface area (Å²) in [6.45, 7) is 2.99. The summed E-state index contributed by atoms with van der Waals surface area (Å²) in [4.78, 5) is 20.5. The fourth-order valence-electron chi connectivity index (χ4n) is 5.21. The minimum Gasteiger partial charge on any atom is -0.464 e. The third-order valence-corrected chi connectivity index (χ3v) is 8.42. The van der Waals surface area contributed by atoms with Gasteiger partial charge in [0.25, 0.3) is 11.1 Å². The number of hydrogen-bond acceptors (Lipinski definition) is 6. The number of halogens is 2. The zero-order valence-corrected chi connectivity index (χ0v) is 21.8. The molecule has 2 aliphatic rings. The standard InChI is InChI=1S/C28H35F2N3O2S/c1-28(29,30)19-35-27-32-25-18-33(15-13-26(25)36-27)14-12-21-2-6-22(7-3-21)16-24(34)11-10-20-4-8-23(17-31)9-5-20/h4-5,8-9,21-22H,2-3,6-7,10-16,18-19H2,1H3. The highest BCUT2D eigenvalue weighted by Gasteiger charge is 2.27. The minimum atomic E-state index is -2.85. The Kier molecular flexibility index (Phi) is 9.08. The predicted octanol–water partition coefficient (Wildman–Crippen LogP) is 6.20. The molecule has 0 unspecified atom stereocenters. The van der Waals surface area contributed by atoms with Gasteiger partial charge in [-0.3, -0.25) is 9.69 Å². The molecule has 2 heterocycles. The molecule has 1 saturated carbocycles. The van der Waals surface area contributed by atoms with E-state index in [1.807, 2.05) is 24.3 Å². The zero-order valence-electron chi connectivity index (χ0n) is 21.0. The molecule has 4 rings (SSSR count). The van der Waals surface area contributed by atoms with Gasteiger partial charge in [-0.25, -0.2) is 13.8 Å². The number of rotatable bonds is 11. The number of ketones is 1. The number of fused-ring (bicyclic) bond motifs is 1. The van der Waals surface area contributed by atoms with Gasteiger partial charge >= 0.3 is 0 Å². The quantitative estimate of drug-likeness (QED) is 0.357. The molecule has 0 amide bonds. The lowest BCUT2D eigenvalue weighted by molar-refractivity contribution is -0.120. The van der Waals surface area contributed by atoms with E-state index in [9.17, 15) is 13.6 Å². The van der Waals surface area contributed by atoms with E-state index in [0.717, 1.165) is 74.8 Å². The van der Waals surface area contributed by atoms with Crippen molar-refractivity contribution in [2.75, 3.05) is 19.7 Å². The fourth-order valence-corrected chi connectivity index (χ4v) is 6.12. The van der Waals surface area contributed by atoms with Crippen molar-refractivity contribution in [3.8, 4) is 11.3 Å². The van der Waals surface area contributed by atoms with Gasteiger partial charge < -0.3 is 4.74 Å². The maximum Gasteiger partial charge on any atom is 0.278 e. The Morgan fingerprint density at radius 1 is 1.22 bits per heavy atom. The summed E-state index contributed by atoms with van der Waals surface area (Å²) >= 11 is 1.40. The van der Waals surface area contributed by atoms with E-state index >= 15 is 0 Å². The van der Waals surface area contributed by atoms with Crippen LogP contribution in [0.25, 0.3) is 0 Å². The SMILES string of the molecule is CC(F)(F)COc1nc2c(s1)CCN(CCC1CCC(CC(=O)CCc3ccc(C#N)cc3)CC1)C2. The number of nitrogens with zero attached hydrogens (tertiary/aromatic N) is 3. The Hall–Kier alpha value is -2.37. The normalized spacial score (nSPS) is 20.5. The van der Waals surface area contributed by atoms with Crippen molar-refractivity contribution in [2.24, 2.45) is 11.8 Å². The van der Waals surface area contributed by atoms with Crippen molar-refractivity contribution in [1.82, 2.24) is 9.88 Å². The molecule has 0 radical (unpaired) electrons. The Balaban J connectivity index is 1.12. The number of nitriles is 1. The molecule has 36 heavy (non-hydrogen) atoms. The summed E-state index contributed by atoms with van der Waals surface area (Å²) in [5.74, 6) is -1.29. The summed E-state index contributed by atoms with van der Waals surface area (Å²) < 4.78 is 31.3. The van der Waals surface area contributed by atoms with Crippen LogP contribution in [0.15, 0.2) is 24.3 Å². The van der Waals surface area contributed by atoms with E-state index in [0.29, 0.717) is 41.2 Å². The molecule has 1 aromatic heterocycles. The van der Waals surface area contributed by atoms with Crippen molar-refractivity contribution < 1.29 is 18.3 Å². The number of carbonyl (C=O) groups is 1. The van der Waals surface area contributed by atoms with Crippen LogP contribution >= 0.6 is 11.3 Å². The van der Waals surface area contributed by atoms with E-state index in [-0.39, 0.29) is 0 Å². The lowest BCUT2D eigenvalue weighted by Gasteiger charge is -2.31. The first kappa shape index (κ1) is 26.7. The van der Waals surface area contributed by atoms with Crippen LogP contribution < -0.4 is 4.74 Å². The number of Topliss-reactive ketones (excluding diaryl/α,β-unsaturated/α-hetero) is 1. The highest BCUT2D eigenvalue weighted by Crippen LogP contribution is 2.34. The third-order valence-electron chi connectivity index (χ3n) is 7.35. The van der Waals surface area contributed by atoms with Crippen LogP contribution in [0, 0.1) is 23.2 Å². The van der Waals surface area contributed by atoms with E-state index < -0.39 is 12.5 Å². The van der Waals surface area contributed by atoms with Crippen LogP contribution in [0.2, 0.25) is 0 Å². The molecule has 0 atom stereocenters. The predicted molar refractivity (Wildman–Crippen MR) is 136 cm³/mol. The minimum absolute atomic E-state index is 0.348. The molecule has 0 spiro atoms. The number of carbonyl (C=O) groups excluding carboxylic acids is 1. The molecule has 2 aromatic rings. The second-order valence-corrected chi connectivity index (χ2v) is 11.5. The lowest BCUT2D eigenvalue weighted by Crippen LogP contribution is -2.32. The van der Waals surface area contributed by atoms with Crippen LogP contribution in [0.5, 0.6) is 5.19 Å². The van der Waals surface area contributed by atoms with Crippen molar-refractivity contribution >= 4 is 17.1 Å². The third kappa shape index (κ3) is 8.07. The van der Waals surface area contributed by atoms with Crippen LogP contribution in [-0.2, 0) is 24.2 Å². The van der Waals surface area contributed by atoms with Gasteiger partial charge in [-0.1, -0.05) is 36.3 Å². The van der Waals surface area contributed by atoms with Crippen LogP contribution in [0.3, 0.4) is 0 Å². The molecule has 0 N–H and O–H groups in total. The monoisotopic (exact) mass is 515 g/mol. The second kappa shape index (κ2) is 12.2. The summed E-state index contributed by atoms with van der Waals surface area (Å²) in [5.41, 5.74) is 2.74. The van der Waals surface area contributed by atoms with E-state index in [1.54, 1.807) is 0 Å². The summed E-state index contributed by atoms with van der Waals surface area (Å²) in [5, 5.41) is 9.24. The number of alkyl halides is 2. The highest BCUT2D eigenvalue weighted by molar-refractivity contribution is 7.13. The highest BCUT2D eigenvalue weighted by atomic mass is 32.1. The number of hydrogen-bond donors (Lipinski definition) is 0. The molecule has 8 heteroatoms. The van der Waals surface area contributed by atoms with Crippen LogP contribution in [0.1, 0.15) is 73.6 Å². The van der Waals surface area contributed by atoms with Gasteiger partial charge in [0.2, 0.25) is 0 Å². The van der Waals surface area contributed by atoms with Gasteiger partial charge in [-0.15, -0.1) is 0 Å². The molecular formula is C28H35F2N3O2S. The van der Waals surface area contributed by atoms with Gasteiger partial charge in [0.05, 0.1) is 17.3 Å². The van der Waals surface area contributed by atoms with E-state index in [2.05, 4.69) is 16.0 Å². The first-order valence-corrected chi connectivity index (χ1v) is 13.8. The summed E-state index contributed by atoms with van der Waals surface area (Å²) in [7, 11) is 0. The van der Waals surface area contributed by atoms with Gasteiger partial charge in [-0.05, 0) is 68.2 Å². The van der Waals surface area contributed by atoms with Crippen LogP contribution in [-0.4, -0.2) is 41.3 Å². The zero-order chi connectivity index (χ0) is 25.5. The van der Waals surface area contributed by atoms with Crippen molar-refractivity contribution in [1.29, 1.82) is 5.26 Å². The topological polar surface area (TPSA) is 66.2 Å². The molecule has 1 aliphatic carbocycles. The van der Waals surface area contributed by atoms with Gasteiger partial charge in [0, 0.05) is 37.7 Å². The van der Waals surface area contributed by atoms with Crippen molar-refractivity contribution in [3.05, 3.63) is 46.0 Å². The van der Waals surface area contributed by atoms with Gasteiger partial charge in [0.15, 0.2) is 6.61 Å². The Labute approximate surface area is 216 Å². The Bertz CT molecular complexity index is 1050. The van der Waals surface area contributed by atoms with Gasteiger partial charge in [0.1, 0.15) is 5.78 Å². The number of thiazole rings is 1. The number of aromatic nitrogens is 1. The van der Waals surface area contributed by atoms with Gasteiger partial charge in [-0.2, -0.15) is 5.26 Å². The fraction of sp³-hybridized carbons (Fsp3) is 0.607. The van der Waals surface area contributed by atoms with Crippen molar-refractivity contribution in [2.45, 2.75) is 77.2 Å². The smallest absolute Gasteiger partial charge is 0.278 e. The maximum atomic E-state index is 13.1. The summed E-state index contributed by atoms with van der Waals surface area (Å²) in [6, 6.07) is 9.62. The first-order chi connectivity index (χ1) is 17.3. The average Bonchev–Trinajstić information content (AvgIpc) is 3.28. The Morgan fingerprint density at radius 3 is 2.64 bits per heavy atom. The Morgan fingerprint density at radius 2 is 1.94 bits per heavy atom. The molecule has 194 valence electrons. The van der Waals surface area contributed by atoms with E-state index in [1.165, 1.54) is 24.2 Å². The maximum absolute atomic E-state index is 13.1. The molecular weight excluding hydrogens is 480 g/mol. The average molecular weight is 516 g/mol. The van der Waals surface area contributed by atoms with E-state index in [4.69, 9.17) is 10.00 Å². The molecule has 5 nitrogen and oxygen atoms in total. The molecule has 1 aromatic carbocycles. The molecule has 1 aliphatic heterocycles. The van der Waals surface area contributed by atoms with Crippen molar-refractivity contribution in [3.63, 3.8) is 0 Å². The largest absolute Gasteiger partial charge is 0.464 e. The summed E-state index contributed by atoms with van der Waals surface area (Å²) in [6.07, 6.45) is 8.70. The molecule has 1 fully saturated rings. The number of aryl methyl sites for hydroxylation is 1. The van der Waals surface area contributed by atoms with Crippen LogP contribution in [0.4, 0.5) is 8.78 Å². The first-order valence-electron chi connectivity index (χ1n) is 13.0. The lowest BCUT2D eigenvalue weighted by atomic mass is 9.78. The second-order valence-electron chi connectivity index (χ2n) is 10.5. The number of ether oxygens (including phenoxy) is 1.